The van der Waals surface area contributed by atoms with Crippen LogP contribution in [0.3, 0.4) is 0 Å². The summed E-state index contributed by atoms with van der Waals surface area (Å²) >= 11 is 0. The van der Waals surface area contributed by atoms with Crippen molar-refractivity contribution >= 4 is 22.4 Å². The fraction of sp³-hybridized carbons (Fsp3) is 0.417. The molecule has 0 aromatic heterocycles. The van der Waals surface area contributed by atoms with Crippen LogP contribution in [0, 0.1) is 0 Å². The van der Waals surface area contributed by atoms with Gasteiger partial charge in [0.2, 0.25) is 5.91 Å². The zero-order chi connectivity index (χ0) is 12.7. The van der Waals surface area contributed by atoms with Crippen molar-refractivity contribution < 1.29 is 9.00 Å². The van der Waals surface area contributed by atoms with E-state index >= 15 is 0 Å². The van der Waals surface area contributed by atoms with Crippen LogP contribution >= 0.6 is 0 Å². The van der Waals surface area contributed by atoms with Crippen molar-refractivity contribution in [3.8, 4) is 0 Å². The smallest absolute Gasteiger partial charge is 0.224 e. The number of nitrogen functional groups attached to an aromatic ring is 1. The lowest BCUT2D eigenvalue weighted by atomic mass is 10.1. The predicted molar refractivity (Wildman–Crippen MR) is 71.1 cm³/mol. The maximum Gasteiger partial charge on any atom is 0.224 e. The van der Waals surface area contributed by atoms with E-state index in [4.69, 9.17) is 5.73 Å². The van der Waals surface area contributed by atoms with E-state index in [0.717, 1.165) is 12.0 Å². The molecule has 1 amide bonds. The molecule has 3 N–H and O–H groups in total. The summed E-state index contributed by atoms with van der Waals surface area (Å²) in [5.74, 6) is 0.593. The maximum atomic E-state index is 11.5. The van der Waals surface area contributed by atoms with Gasteiger partial charge in [0.15, 0.2) is 0 Å². The Morgan fingerprint density at radius 1 is 1.47 bits per heavy atom. The van der Waals surface area contributed by atoms with Crippen molar-refractivity contribution in [2.75, 3.05) is 24.3 Å². The number of nitrogens with two attached hydrogens (primary N) is 1. The quantitative estimate of drug-likeness (QED) is 0.579. The monoisotopic (exact) mass is 254 g/mol. The van der Waals surface area contributed by atoms with E-state index in [9.17, 15) is 9.00 Å². The number of amides is 1. The summed E-state index contributed by atoms with van der Waals surface area (Å²) in [5, 5.41) is 2.79. The summed E-state index contributed by atoms with van der Waals surface area (Å²) in [7, 11) is -0.789. The molecule has 0 aliphatic carbocycles. The van der Waals surface area contributed by atoms with E-state index in [0.29, 0.717) is 24.4 Å². The molecule has 0 aliphatic heterocycles. The van der Waals surface area contributed by atoms with E-state index < -0.39 is 10.8 Å². The molecular formula is C12H18N2O2S. The number of hydrogen-bond acceptors (Lipinski definition) is 3. The molecule has 0 radical (unpaired) electrons. The van der Waals surface area contributed by atoms with Gasteiger partial charge in [-0.3, -0.25) is 9.00 Å². The first kappa shape index (κ1) is 13.7. The van der Waals surface area contributed by atoms with E-state index in [2.05, 4.69) is 5.32 Å². The van der Waals surface area contributed by atoms with Crippen LogP contribution < -0.4 is 11.1 Å². The number of nitrogens with one attached hydrogen (secondary N) is 1. The van der Waals surface area contributed by atoms with Gasteiger partial charge in [-0.2, -0.15) is 0 Å². The molecule has 0 bridgehead atoms. The highest BCUT2D eigenvalue weighted by Gasteiger charge is 2.03. The molecule has 1 unspecified atom stereocenters. The normalized spacial score (nSPS) is 12.1. The van der Waals surface area contributed by atoms with Gasteiger partial charge in [0, 0.05) is 35.0 Å². The number of benzene rings is 1. The molecule has 17 heavy (non-hydrogen) atoms. The third kappa shape index (κ3) is 6.06. The fourth-order valence-electron chi connectivity index (χ4n) is 1.45. The minimum atomic E-state index is -0.789. The highest BCUT2D eigenvalue weighted by atomic mass is 32.2. The van der Waals surface area contributed by atoms with Crippen LogP contribution in [-0.4, -0.2) is 28.7 Å². The number of rotatable bonds is 6. The van der Waals surface area contributed by atoms with E-state index in [-0.39, 0.29) is 5.91 Å². The Balaban J connectivity index is 2.27. The fourth-order valence-corrected chi connectivity index (χ4v) is 2.01. The van der Waals surface area contributed by atoms with Crippen molar-refractivity contribution in [1.82, 2.24) is 5.32 Å². The van der Waals surface area contributed by atoms with Gasteiger partial charge in [-0.05, 0) is 24.1 Å². The Morgan fingerprint density at radius 2 is 2.24 bits per heavy atom. The van der Waals surface area contributed by atoms with Crippen molar-refractivity contribution in [2.24, 2.45) is 0 Å². The number of hydrogen-bond donors (Lipinski definition) is 2. The first-order valence-corrected chi connectivity index (χ1v) is 7.22. The van der Waals surface area contributed by atoms with Crippen LogP contribution in [0.5, 0.6) is 0 Å². The Kier molecular flexibility index (Phi) is 5.69. The largest absolute Gasteiger partial charge is 0.399 e. The summed E-state index contributed by atoms with van der Waals surface area (Å²) in [4.78, 5) is 11.5. The molecule has 1 aromatic rings. The van der Waals surface area contributed by atoms with Gasteiger partial charge in [0.05, 0.1) is 6.42 Å². The lowest BCUT2D eigenvalue weighted by Crippen LogP contribution is -2.26. The standard InChI is InChI=1S/C12H18N2O2S/c1-17(16)7-3-6-14-12(15)9-10-4-2-5-11(13)8-10/h2,4-5,8H,3,6-7,9,13H2,1H3,(H,14,15). The minimum absolute atomic E-state index is 0.0301. The summed E-state index contributed by atoms with van der Waals surface area (Å²) in [5.41, 5.74) is 7.19. The summed E-state index contributed by atoms with van der Waals surface area (Å²) in [6, 6.07) is 7.29. The van der Waals surface area contributed by atoms with Gasteiger partial charge in [-0.25, -0.2) is 0 Å². The van der Waals surface area contributed by atoms with Gasteiger partial charge < -0.3 is 11.1 Å². The lowest BCUT2D eigenvalue weighted by molar-refractivity contribution is -0.120. The lowest BCUT2D eigenvalue weighted by Gasteiger charge is -2.05. The molecule has 94 valence electrons. The van der Waals surface area contributed by atoms with Crippen molar-refractivity contribution in [3.05, 3.63) is 29.8 Å². The first-order valence-electron chi connectivity index (χ1n) is 5.49. The molecule has 0 saturated heterocycles. The molecule has 1 rings (SSSR count). The molecule has 0 heterocycles. The highest BCUT2D eigenvalue weighted by Crippen LogP contribution is 2.06. The summed E-state index contributed by atoms with van der Waals surface area (Å²) in [6.07, 6.45) is 2.74. The van der Waals surface area contributed by atoms with Gasteiger partial charge in [0.25, 0.3) is 0 Å². The van der Waals surface area contributed by atoms with Crippen LogP contribution in [-0.2, 0) is 22.0 Å². The second kappa shape index (κ2) is 7.06. The molecule has 5 heteroatoms. The molecule has 1 aromatic carbocycles. The average molecular weight is 254 g/mol. The summed E-state index contributed by atoms with van der Waals surface area (Å²) < 4.78 is 10.8. The van der Waals surface area contributed by atoms with Gasteiger partial charge >= 0.3 is 0 Å². The highest BCUT2D eigenvalue weighted by molar-refractivity contribution is 7.84. The predicted octanol–water partition coefficient (Wildman–Crippen LogP) is 0.696. The zero-order valence-electron chi connectivity index (χ0n) is 9.94. The van der Waals surface area contributed by atoms with E-state index in [1.165, 1.54) is 0 Å². The van der Waals surface area contributed by atoms with E-state index in [1.807, 2.05) is 12.1 Å². The Morgan fingerprint density at radius 3 is 2.88 bits per heavy atom. The second-order valence-corrected chi connectivity index (χ2v) is 5.46. The first-order chi connectivity index (χ1) is 8.08. The van der Waals surface area contributed by atoms with Crippen molar-refractivity contribution in [3.63, 3.8) is 0 Å². The number of carbonyl (C=O) groups is 1. The topological polar surface area (TPSA) is 72.2 Å². The van der Waals surface area contributed by atoms with Crippen molar-refractivity contribution in [2.45, 2.75) is 12.8 Å². The van der Waals surface area contributed by atoms with Crippen LogP contribution in [0.2, 0.25) is 0 Å². The van der Waals surface area contributed by atoms with E-state index in [1.54, 1.807) is 18.4 Å². The van der Waals surface area contributed by atoms with Gasteiger partial charge in [0.1, 0.15) is 0 Å². The van der Waals surface area contributed by atoms with Crippen LogP contribution in [0.25, 0.3) is 0 Å². The number of carbonyl (C=O) groups excluding carboxylic acids is 1. The third-order valence-electron chi connectivity index (χ3n) is 2.25. The molecule has 4 nitrogen and oxygen atoms in total. The average Bonchev–Trinajstić information content (AvgIpc) is 2.24. The Hall–Kier alpha value is -1.36. The molecule has 0 aliphatic rings. The SMILES string of the molecule is CS(=O)CCCNC(=O)Cc1cccc(N)c1. The van der Waals surface area contributed by atoms with Crippen molar-refractivity contribution in [1.29, 1.82) is 0 Å². The Labute approximate surface area is 104 Å². The molecule has 1 atom stereocenters. The van der Waals surface area contributed by atoms with Crippen LogP contribution in [0.1, 0.15) is 12.0 Å². The molecular weight excluding hydrogens is 236 g/mol. The second-order valence-electron chi connectivity index (χ2n) is 3.90. The molecule has 0 saturated carbocycles. The maximum absolute atomic E-state index is 11.5. The molecule has 0 spiro atoms. The van der Waals surface area contributed by atoms with Gasteiger partial charge in [-0.15, -0.1) is 0 Å². The van der Waals surface area contributed by atoms with Crippen LogP contribution in [0.4, 0.5) is 5.69 Å². The number of anilines is 1. The third-order valence-corrected chi connectivity index (χ3v) is 3.11. The zero-order valence-corrected chi connectivity index (χ0v) is 10.8. The minimum Gasteiger partial charge on any atom is -0.399 e. The molecule has 0 fully saturated rings. The van der Waals surface area contributed by atoms with Gasteiger partial charge in [-0.1, -0.05) is 12.1 Å². The van der Waals surface area contributed by atoms with Crippen LogP contribution in [0.15, 0.2) is 24.3 Å². The summed E-state index contributed by atoms with van der Waals surface area (Å²) in [6.45, 7) is 0.570. The Bertz CT molecular complexity index is 407.